The van der Waals surface area contributed by atoms with Crippen molar-refractivity contribution in [1.29, 1.82) is 0 Å². The van der Waals surface area contributed by atoms with Gasteiger partial charge in [-0.25, -0.2) is 4.74 Å². The Morgan fingerprint density at radius 1 is 1.40 bits per heavy atom. The highest BCUT2D eigenvalue weighted by molar-refractivity contribution is 5.78. The molecule has 0 unspecified atom stereocenters. The fourth-order valence-corrected chi connectivity index (χ4v) is 0.973. The van der Waals surface area contributed by atoms with Crippen molar-refractivity contribution in [3.05, 3.63) is 28.7 Å². The molecule has 50 valence electrons. The molecule has 2 heterocycles. The van der Waals surface area contributed by atoms with E-state index in [9.17, 15) is 5.21 Å². The molecule has 0 N–H and O–H groups in total. The number of rotatable bonds is 0. The smallest absolute Gasteiger partial charge is 0.184 e. The summed E-state index contributed by atoms with van der Waals surface area (Å²) < 4.78 is 0.869. The maximum Gasteiger partial charge on any atom is 0.184 e. The summed E-state index contributed by atoms with van der Waals surface area (Å²) in [6, 6.07) is 0. The summed E-state index contributed by atoms with van der Waals surface area (Å²) in [6.45, 7) is 0.408. The fourth-order valence-electron chi connectivity index (χ4n) is 0.973. The first-order chi connectivity index (χ1) is 4.86. The lowest BCUT2D eigenvalue weighted by molar-refractivity contribution is -0.464. The largest absolute Gasteiger partial charge is 0.624 e. The molecule has 1 aliphatic rings. The molecular formula is C6H5N3O. The third-order valence-corrected chi connectivity index (χ3v) is 1.46. The van der Waals surface area contributed by atoms with E-state index in [1.54, 1.807) is 12.4 Å². The minimum Gasteiger partial charge on any atom is -0.624 e. The maximum absolute atomic E-state index is 10.7. The Balaban J connectivity index is 2.54. The standard InChI is InChI=1S/C6H5N3O/c10-9-3-5-1-7-8-2-6(5)4-9/h1-3H,4H2. The summed E-state index contributed by atoms with van der Waals surface area (Å²) in [6.07, 6.45) is 4.72. The Morgan fingerprint density at radius 2 is 2.20 bits per heavy atom. The monoisotopic (exact) mass is 135 g/mol. The lowest BCUT2D eigenvalue weighted by Crippen LogP contribution is -1.94. The summed E-state index contributed by atoms with van der Waals surface area (Å²) >= 11 is 0. The Hall–Kier alpha value is -1.45. The van der Waals surface area contributed by atoms with Gasteiger partial charge in [0.25, 0.3) is 0 Å². The van der Waals surface area contributed by atoms with Crippen molar-refractivity contribution < 1.29 is 4.74 Å². The van der Waals surface area contributed by atoms with Gasteiger partial charge in [0.1, 0.15) is 0 Å². The zero-order valence-electron chi connectivity index (χ0n) is 5.19. The Bertz CT molecular complexity index is 295. The van der Waals surface area contributed by atoms with Gasteiger partial charge in [-0.3, -0.25) is 0 Å². The first-order valence-electron chi connectivity index (χ1n) is 2.94. The fraction of sp³-hybridized carbons (Fsp3) is 0.167. The Morgan fingerprint density at radius 3 is 3.00 bits per heavy atom. The van der Waals surface area contributed by atoms with Crippen LogP contribution in [0.5, 0.6) is 0 Å². The summed E-state index contributed by atoms with van der Waals surface area (Å²) in [4.78, 5) is 0. The predicted octanol–water partition coefficient (Wildman–Crippen LogP) is -0.0806. The van der Waals surface area contributed by atoms with E-state index < -0.39 is 0 Å². The minimum atomic E-state index is 0.408. The second-order valence-corrected chi connectivity index (χ2v) is 2.17. The zero-order valence-corrected chi connectivity index (χ0v) is 5.19. The molecular weight excluding hydrogens is 130 g/mol. The minimum absolute atomic E-state index is 0.408. The summed E-state index contributed by atoms with van der Waals surface area (Å²) in [5.41, 5.74) is 1.83. The number of hydrogen-bond acceptors (Lipinski definition) is 3. The molecule has 0 atom stereocenters. The SMILES string of the molecule is [O-][N+]1=Cc2cnncc2C1. The topological polar surface area (TPSA) is 51.9 Å². The molecule has 0 saturated heterocycles. The molecule has 0 radical (unpaired) electrons. The first kappa shape index (κ1) is 5.34. The molecule has 0 amide bonds. The Kier molecular flexibility index (Phi) is 0.943. The van der Waals surface area contributed by atoms with Gasteiger partial charge in [0.15, 0.2) is 12.8 Å². The van der Waals surface area contributed by atoms with E-state index in [2.05, 4.69) is 10.2 Å². The van der Waals surface area contributed by atoms with Crippen LogP contribution in [0.15, 0.2) is 12.4 Å². The normalized spacial score (nSPS) is 14.6. The van der Waals surface area contributed by atoms with E-state index >= 15 is 0 Å². The highest BCUT2D eigenvalue weighted by Gasteiger charge is 2.13. The second-order valence-electron chi connectivity index (χ2n) is 2.17. The van der Waals surface area contributed by atoms with E-state index in [1.165, 1.54) is 6.21 Å². The van der Waals surface area contributed by atoms with Crippen LogP contribution in [-0.4, -0.2) is 21.2 Å². The van der Waals surface area contributed by atoms with Crippen molar-refractivity contribution in [3.8, 4) is 0 Å². The molecule has 1 aromatic heterocycles. The number of aromatic nitrogens is 2. The number of hydroxylamine groups is 1. The molecule has 4 nitrogen and oxygen atoms in total. The molecule has 10 heavy (non-hydrogen) atoms. The summed E-state index contributed by atoms with van der Waals surface area (Å²) in [5.74, 6) is 0. The van der Waals surface area contributed by atoms with Gasteiger partial charge in [0.05, 0.1) is 23.5 Å². The molecule has 0 spiro atoms. The lowest BCUT2D eigenvalue weighted by Gasteiger charge is -1.92. The molecule has 0 aromatic carbocycles. The van der Waals surface area contributed by atoms with Gasteiger partial charge in [-0.05, 0) is 0 Å². The Labute approximate surface area is 57.4 Å². The third-order valence-electron chi connectivity index (χ3n) is 1.46. The van der Waals surface area contributed by atoms with Crippen LogP contribution in [-0.2, 0) is 6.54 Å². The van der Waals surface area contributed by atoms with Crippen LogP contribution >= 0.6 is 0 Å². The van der Waals surface area contributed by atoms with E-state index in [1.807, 2.05) is 0 Å². The molecule has 1 aromatic rings. The highest BCUT2D eigenvalue weighted by atomic mass is 16.5. The molecule has 4 heteroatoms. The van der Waals surface area contributed by atoms with Crippen molar-refractivity contribution >= 4 is 6.21 Å². The first-order valence-corrected chi connectivity index (χ1v) is 2.94. The van der Waals surface area contributed by atoms with Crippen LogP contribution in [0.2, 0.25) is 0 Å². The summed E-state index contributed by atoms with van der Waals surface area (Å²) in [5, 5.41) is 18.0. The average molecular weight is 135 g/mol. The van der Waals surface area contributed by atoms with Crippen molar-refractivity contribution in [3.63, 3.8) is 0 Å². The van der Waals surface area contributed by atoms with Crippen LogP contribution in [0.25, 0.3) is 0 Å². The van der Waals surface area contributed by atoms with Gasteiger partial charge in [0, 0.05) is 0 Å². The number of nitrogens with zero attached hydrogens (tertiary/aromatic N) is 3. The molecule has 0 saturated carbocycles. The van der Waals surface area contributed by atoms with Crippen LogP contribution in [0.1, 0.15) is 11.1 Å². The van der Waals surface area contributed by atoms with E-state index in [4.69, 9.17) is 0 Å². The van der Waals surface area contributed by atoms with Crippen LogP contribution in [0.4, 0.5) is 0 Å². The number of fused-ring (bicyclic) bond motifs is 1. The lowest BCUT2D eigenvalue weighted by atomic mass is 10.2. The van der Waals surface area contributed by atoms with E-state index in [0.29, 0.717) is 6.54 Å². The molecule has 0 fully saturated rings. The van der Waals surface area contributed by atoms with Gasteiger partial charge < -0.3 is 5.21 Å². The summed E-state index contributed by atoms with van der Waals surface area (Å²) in [7, 11) is 0. The third kappa shape index (κ3) is 0.655. The second kappa shape index (κ2) is 1.76. The van der Waals surface area contributed by atoms with Gasteiger partial charge in [-0.15, -0.1) is 0 Å². The molecule has 0 aliphatic carbocycles. The van der Waals surface area contributed by atoms with Crippen molar-refractivity contribution in [1.82, 2.24) is 10.2 Å². The van der Waals surface area contributed by atoms with Crippen molar-refractivity contribution in [2.24, 2.45) is 0 Å². The molecule has 0 bridgehead atoms. The van der Waals surface area contributed by atoms with Gasteiger partial charge in [0.2, 0.25) is 0 Å². The molecule has 1 aliphatic heterocycles. The van der Waals surface area contributed by atoms with Gasteiger partial charge in [-0.2, -0.15) is 10.2 Å². The van der Waals surface area contributed by atoms with E-state index in [0.717, 1.165) is 15.9 Å². The predicted molar refractivity (Wildman–Crippen MR) is 34.5 cm³/mol. The maximum atomic E-state index is 10.7. The van der Waals surface area contributed by atoms with Crippen LogP contribution < -0.4 is 0 Å². The van der Waals surface area contributed by atoms with Crippen LogP contribution in [0, 0.1) is 5.21 Å². The average Bonchev–Trinajstić information content (AvgIpc) is 2.27. The number of hydrogen-bond donors (Lipinski definition) is 0. The molecule has 2 rings (SSSR count). The van der Waals surface area contributed by atoms with Gasteiger partial charge in [-0.1, -0.05) is 0 Å². The zero-order chi connectivity index (χ0) is 6.97. The quantitative estimate of drug-likeness (QED) is 0.369. The van der Waals surface area contributed by atoms with Gasteiger partial charge >= 0.3 is 0 Å². The van der Waals surface area contributed by atoms with E-state index in [-0.39, 0.29) is 0 Å². The highest BCUT2D eigenvalue weighted by Crippen LogP contribution is 2.09. The van der Waals surface area contributed by atoms with Crippen molar-refractivity contribution in [2.75, 3.05) is 0 Å². The van der Waals surface area contributed by atoms with Crippen molar-refractivity contribution in [2.45, 2.75) is 6.54 Å². The van der Waals surface area contributed by atoms with Crippen LogP contribution in [0.3, 0.4) is 0 Å².